The summed E-state index contributed by atoms with van der Waals surface area (Å²) in [4.78, 5) is 31.5. The molecule has 2 fully saturated rings. The number of aromatic nitrogens is 2. The summed E-state index contributed by atoms with van der Waals surface area (Å²) in [5.41, 5.74) is 0.888. The lowest BCUT2D eigenvalue weighted by atomic mass is 9.91. The molecular weight excluding hydrogens is 330 g/mol. The number of anilines is 1. The molecular formula is C19H31N5O2. The molecule has 0 aliphatic carbocycles. The minimum Gasteiger partial charge on any atom is -0.340 e. The van der Waals surface area contributed by atoms with Crippen LogP contribution in [-0.4, -0.2) is 70.2 Å². The Hall–Kier alpha value is -1.89. The van der Waals surface area contributed by atoms with Gasteiger partial charge in [0.05, 0.1) is 17.9 Å². The van der Waals surface area contributed by atoms with E-state index in [1.807, 2.05) is 23.0 Å². The Labute approximate surface area is 155 Å². The summed E-state index contributed by atoms with van der Waals surface area (Å²) in [5, 5.41) is 4.19. The van der Waals surface area contributed by atoms with E-state index < -0.39 is 0 Å². The second kappa shape index (κ2) is 7.39. The van der Waals surface area contributed by atoms with Crippen molar-refractivity contribution in [3.05, 3.63) is 12.4 Å². The Morgan fingerprint density at radius 1 is 1.19 bits per heavy atom. The first kappa shape index (κ1) is 18.9. The number of carbonyl (C=O) groups is 2. The second-order valence-corrected chi connectivity index (χ2v) is 8.67. The van der Waals surface area contributed by atoms with Crippen molar-refractivity contribution < 1.29 is 9.59 Å². The van der Waals surface area contributed by atoms with Gasteiger partial charge < -0.3 is 9.80 Å². The molecule has 2 aliphatic rings. The molecule has 7 heteroatoms. The first-order chi connectivity index (χ1) is 12.2. The lowest BCUT2D eigenvalue weighted by molar-refractivity contribution is -0.136. The SMILES string of the molecule is Cn1cc(N2CCC[C@H](N3CCN(C(=O)CC(C)(C)C)CC3)C2=O)cn1. The smallest absolute Gasteiger partial charge is 0.244 e. The van der Waals surface area contributed by atoms with Crippen molar-refractivity contribution in [2.24, 2.45) is 12.5 Å². The lowest BCUT2D eigenvalue weighted by Gasteiger charge is -2.42. The van der Waals surface area contributed by atoms with Crippen molar-refractivity contribution in [2.75, 3.05) is 37.6 Å². The molecule has 26 heavy (non-hydrogen) atoms. The predicted molar refractivity (Wildman–Crippen MR) is 101 cm³/mol. The van der Waals surface area contributed by atoms with Gasteiger partial charge in [0, 0.05) is 52.4 Å². The highest BCUT2D eigenvalue weighted by atomic mass is 16.2. The van der Waals surface area contributed by atoms with Gasteiger partial charge in [-0.25, -0.2) is 0 Å². The Morgan fingerprint density at radius 2 is 1.88 bits per heavy atom. The van der Waals surface area contributed by atoms with Crippen LogP contribution in [0.1, 0.15) is 40.0 Å². The molecule has 0 bridgehead atoms. The summed E-state index contributed by atoms with van der Waals surface area (Å²) >= 11 is 0. The van der Waals surface area contributed by atoms with Crippen molar-refractivity contribution in [3.63, 3.8) is 0 Å². The molecule has 0 N–H and O–H groups in total. The van der Waals surface area contributed by atoms with Crippen LogP contribution >= 0.6 is 0 Å². The summed E-state index contributed by atoms with van der Waals surface area (Å²) in [7, 11) is 1.86. The van der Waals surface area contributed by atoms with Crippen molar-refractivity contribution >= 4 is 17.5 Å². The lowest BCUT2D eigenvalue weighted by Crippen LogP contribution is -2.58. The highest BCUT2D eigenvalue weighted by Crippen LogP contribution is 2.25. The number of piperazine rings is 1. The third-order valence-electron chi connectivity index (χ3n) is 5.20. The average molecular weight is 361 g/mol. The third kappa shape index (κ3) is 4.26. The van der Waals surface area contributed by atoms with E-state index in [0.717, 1.165) is 38.2 Å². The molecule has 7 nitrogen and oxygen atoms in total. The third-order valence-corrected chi connectivity index (χ3v) is 5.20. The molecule has 144 valence electrons. The fourth-order valence-corrected chi connectivity index (χ4v) is 3.85. The number of amides is 2. The summed E-state index contributed by atoms with van der Waals surface area (Å²) in [6.07, 6.45) is 6.11. The van der Waals surface area contributed by atoms with E-state index in [2.05, 4.69) is 30.8 Å². The Morgan fingerprint density at radius 3 is 2.46 bits per heavy atom. The van der Waals surface area contributed by atoms with Crippen LogP contribution in [0, 0.1) is 5.41 Å². The first-order valence-electron chi connectivity index (χ1n) is 9.56. The minimum atomic E-state index is -0.0798. The number of carbonyl (C=O) groups excluding carboxylic acids is 2. The molecule has 0 radical (unpaired) electrons. The van der Waals surface area contributed by atoms with Gasteiger partial charge in [-0.3, -0.25) is 19.2 Å². The zero-order valence-corrected chi connectivity index (χ0v) is 16.4. The number of piperidine rings is 1. The average Bonchev–Trinajstić information content (AvgIpc) is 3.00. The highest BCUT2D eigenvalue weighted by molar-refractivity contribution is 5.97. The van der Waals surface area contributed by atoms with Gasteiger partial charge in [-0.05, 0) is 18.3 Å². The molecule has 2 amide bonds. The molecule has 2 aliphatic heterocycles. The molecule has 3 heterocycles. The van der Waals surface area contributed by atoms with Crippen molar-refractivity contribution in [2.45, 2.75) is 46.1 Å². The van der Waals surface area contributed by atoms with Gasteiger partial charge in [-0.15, -0.1) is 0 Å². The normalized spacial score (nSPS) is 22.8. The van der Waals surface area contributed by atoms with Crippen LogP contribution in [0.15, 0.2) is 12.4 Å². The zero-order chi connectivity index (χ0) is 18.9. The molecule has 0 aromatic carbocycles. The largest absolute Gasteiger partial charge is 0.340 e. The van der Waals surface area contributed by atoms with Crippen LogP contribution in [0.3, 0.4) is 0 Å². The molecule has 2 saturated heterocycles. The monoisotopic (exact) mass is 361 g/mol. The van der Waals surface area contributed by atoms with Crippen LogP contribution in [0.5, 0.6) is 0 Å². The maximum Gasteiger partial charge on any atom is 0.244 e. The Balaban J connectivity index is 1.58. The van der Waals surface area contributed by atoms with Crippen LogP contribution < -0.4 is 4.90 Å². The summed E-state index contributed by atoms with van der Waals surface area (Å²) in [6.45, 7) is 10.0. The van der Waals surface area contributed by atoms with Gasteiger partial charge in [0.1, 0.15) is 0 Å². The summed E-state index contributed by atoms with van der Waals surface area (Å²) < 4.78 is 1.73. The van der Waals surface area contributed by atoms with Crippen LogP contribution in [0.4, 0.5) is 5.69 Å². The van der Waals surface area contributed by atoms with Gasteiger partial charge in [0.2, 0.25) is 11.8 Å². The minimum absolute atomic E-state index is 0.0117. The van der Waals surface area contributed by atoms with Crippen molar-refractivity contribution in [3.8, 4) is 0 Å². The quantitative estimate of drug-likeness (QED) is 0.818. The number of rotatable bonds is 3. The standard InChI is InChI=1S/C19H31N5O2/c1-19(2,3)12-17(25)23-10-8-22(9-11-23)16-6-5-7-24(18(16)26)15-13-20-21(4)14-15/h13-14,16H,5-12H2,1-4H3/t16-/m0/s1. The van der Waals surface area contributed by atoms with E-state index in [1.54, 1.807) is 10.9 Å². The molecule has 1 aromatic rings. The van der Waals surface area contributed by atoms with Crippen LogP contribution in [0.2, 0.25) is 0 Å². The van der Waals surface area contributed by atoms with Crippen LogP contribution in [-0.2, 0) is 16.6 Å². The highest BCUT2D eigenvalue weighted by Gasteiger charge is 2.36. The summed E-state index contributed by atoms with van der Waals surface area (Å²) in [6, 6.07) is -0.0798. The Bertz CT molecular complexity index is 655. The fraction of sp³-hybridized carbons (Fsp3) is 0.737. The molecule has 0 unspecified atom stereocenters. The molecule has 3 rings (SSSR count). The van der Waals surface area contributed by atoms with Gasteiger partial charge >= 0.3 is 0 Å². The Kier molecular flexibility index (Phi) is 5.37. The predicted octanol–water partition coefficient (Wildman–Crippen LogP) is 1.50. The number of hydrogen-bond acceptors (Lipinski definition) is 4. The van der Waals surface area contributed by atoms with E-state index in [1.165, 1.54) is 0 Å². The molecule has 0 spiro atoms. The van der Waals surface area contributed by atoms with E-state index in [9.17, 15) is 9.59 Å². The van der Waals surface area contributed by atoms with E-state index in [-0.39, 0.29) is 23.3 Å². The number of nitrogens with zero attached hydrogens (tertiary/aromatic N) is 5. The van der Waals surface area contributed by atoms with Gasteiger partial charge in [0.25, 0.3) is 0 Å². The number of aryl methyl sites for hydroxylation is 1. The maximum absolute atomic E-state index is 13.0. The van der Waals surface area contributed by atoms with E-state index >= 15 is 0 Å². The van der Waals surface area contributed by atoms with E-state index in [0.29, 0.717) is 19.5 Å². The molecule has 0 saturated carbocycles. The number of hydrogen-bond donors (Lipinski definition) is 0. The topological polar surface area (TPSA) is 61.7 Å². The molecule has 1 aromatic heterocycles. The molecule has 1 atom stereocenters. The van der Waals surface area contributed by atoms with Gasteiger partial charge in [0.15, 0.2) is 0 Å². The second-order valence-electron chi connectivity index (χ2n) is 8.67. The van der Waals surface area contributed by atoms with E-state index in [4.69, 9.17) is 0 Å². The zero-order valence-electron chi connectivity index (χ0n) is 16.4. The first-order valence-corrected chi connectivity index (χ1v) is 9.56. The van der Waals surface area contributed by atoms with Gasteiger partial charge in [-0.2, -0.15) is 5.10 Å². The van der Waals surface area contributed by atoms with Gasteiger partial charge in [-0.1, -0.05) is 20.8 Å². The fourth-order valence-electron chi connectivity index (χ4n) is 3.85. The van der Waals surface area contributed by atoms with Crippen LogP contribution in [0.25, 0.3) is 0 Å². The van der Waals surface area contributed by atoms with Crippen molar-refractivity contribution in [1.82, 2.24) is 19.6 Å². The summed E-state index contributed by atoms with van der Waals surface area (Å²) in [5.74, 6) is 0.392. The maximum atomic E-state index is 13.0. The van der Waals surface area contributed by atoms with Crippen molar-refractivity contribution in [1.29, 1.82) is 0 Å².